The molecule has 2 aliphatic heterocycles. The summed E-state index contributed by atoms with van der Waals surface area (Å²) >= 11 is 0. The third-order valence-corrected chi connectivity index (χ3v) is 10.7. The molecule has 1 unspecified atom stereocenters. The smallest absolute Gasteiger partial charge is 0.410 e. The molecule has 2 bridgehead atoms. The molecule has 2 rings (SSSR count). The lowest BCUT2D eigenvalue weighted by atomic mass is 9.90. The van der Waals surface area contributed by atoms with Crippen LogP contribution in [-0.4, -0.2) is 69.4 Å². The highest BCUT2D eigenvalue weighted by Gasteiger charge is 2.43. The number of fused-ring (bicyclic) bond motifs is 2. The second kappa shape index (κ2) is 9.02. The van der Waals surface area contributed by atoms with Gasteiger partial charge in [-0.15, -0.1) is 0 Å². The fourth-order valence-electron chi connectivity index (χ4n) is 3.62. The van der Waals surface area contributed by atoms with Crippen molar-refractivity contribution in [1.82, 2.24) is 10.2 Å². The maximum Gasteiger partial charge on any atom is 0.410 e. The van der Waals surface area contributed by atoms with Gasteiger partial charge in [0.1, 0.15) is 5.60 Å². The molecule has 0 radical (unpaired) electrons. The summed E-state index contributed by atoms with van der Waals surface area (Å²) in [4.78, 5) is 14.5. The van der Waals surface area contributed by atoms with Crippen molar-refractivity contribution in [1.29, 1.82) is 0 Å². The molecule has 0 saturated carbocycles. The van der Waals surface area contributed by atoms with Gasteiger partial charge in [-0.1, -0.05) is 20.8 Å². The quantitative estimate of drug-likeness (QED) is 0.522. The van der Waals surface area contributed by atoms with Crippen molar-refractivity contribution in [2.75, 3.05) is 26.4 Å². The van der Waals surface area contributed by atoms with Gasteiger partial charge in [0.15, 0.2) is 8.32 Å². The number of carbonyl (C=O) groups is 1. The predicted molar refractivity (Wildman–Crippen MR) is 115 cm³/mol. The highest BCUT2D eigenvalue weighted by Crippen LogP contribution is 2.36. The van der Waals surface area contributed by atoms with Crippen LogP contribution in [0.2, 0.25) is 18.1 Å². The summed E-state index contributed by atoms with van der Waals surface area (Å²) in [5, 5.41) is 3.94. The number of rotatable bonds is 6. The molecular weight excluding hydrogens is 372 g/mol. The van der Waals surface area contributed by atoms with Crippen LogP contribution in [0.5, 0.6) is 0 Å². The Morgan fingerprint density at radius 3 is 2.18 bits per heavy atom. The van der Waals surface area contributed by atoms with E-state index in [0.29, 0.717) is 19.3 Å². The molecule has 2 heterocycles. The first-order valence-electron chi connectivity index (χ1n) is 10.8. The van der Waals surface area contributed by atoms with Gasteiger partial charge in [0.25, 0.3) is 0 Å². The monoisotopic (exact) mass is 414 g/mol. The van der Waals surface area contributed by atoms with E-state index in [0.717, 1.165) is 32.4 Å². The maximum atomic E-state index is 12.6. The first-order valence-corrected chi connectivity index (χ1v) is 13.7. The van der Waals surface area contributed by atoms with E-state index in [1.54, 1.807) is 0 Å². The van der Waals surface area contributed by atoms with Crippen LogP contribution in [0.15, 0.2) is 0 Å². The van der Waals surface area contributed by atoms with E-state index in [-0.39, 0.29) is 23.2 Å². The number of hydrogen-bond acceptors (Lipinski definition) is 5. The van der Waals surface area contributed by atoms with Gasteiger partial charge in [-0.05, 0) is 64.7 Å². The number of piperidine rings is 1. The second-order valence-electron chi connectivity index (χ2n) is 10.8. The lowest BCUT2D eigenvalue weighted by Crippen LogP contribution is -2.62. The number of morpholine rings is 1. The van der Waals surface area contributed by atoms with Gasteiger partial charge >= 0.3 is 6.09 Å². The lowest BCUT2D eigenvalue weighted by molar-refractivity contribution is -0.0842. The number of hydrogen-bond donors (Lipinski definition) is 1. The number of nitrogens with zero attached hydrogens (tertiary/aromatic N) is 1. The molecular formula is C21H42N2O4Si. The van der Waals surface area contributed by atoms with Crippen molar-refractivity contribution < 1.29 is 18.7 Å². The van der Waals surface area contributed by atoms with Crippen LogP contribution in [0.4, 0.5) is 4.79 Å². The van der Waals surface area contributed by atoms with Crippen LogP contribution in [0.3, 0.4) is 0 Å². The molecule has 2 fully saturated rings. The molecule has 0 aromatic rings. The Balaban J connectivity index is 1.77. The highest BCUT2D eigenvalue weighted by atomic mass is 28.4. The Morgan fingerprint density at radius 1 is 1.11 bits per heavy atom. The molecule has 7 heteroatoms. The minimum absolute atomic E-state index is 0.100. The van der Waals surface area contributed by atoms with Crippen molar-refractivity contribution in [3.63, 3.8) is 0 Å². The van der Waals surface area contributed by atoms with Crippen molar-refractivity contribution in [2.45, 2.75) is 103 Å². The molecule has 3 atom stereocenters. The molecule has 1 N–H and O–H groups in total. The molecule has 164 valence electrons. The molecule has 2 aliphatic rings. The Hall–Kier alpha value is -0.633. The van der Waals surface area contributed by atoms with E-state index in [9.17, 15) is 4.79 Å². The van der Waals surface area contributed by atoms with Crippen molar-refractivity contribution >= 4 is 14.4 Å². The molecule has 1 amide bonds. The molecule has 28 heavy (non-hydrogen) atoms. The van der Waals surface area contributed by atoms with Gasteiger partial charge in [-0.2, -0.15) is 0 Å². The lowest BCUT2D eigenvalue weighted by Gasteiger charge is -2.48. The average Bonchev–Trinajstić information content (AvgIpc) is 2.50. The molecule has 6 nitrogen and oxygen atoms in total. The molecule has 0 aromatic carbocycles. The summed E-state index contributed by atoms with van der Waals surface area (Å²) in [6.45, 7) is 20.1. The van der Waals surface area contributed by atoms with Gasteiger partial charge in [0.05, 0.1) is 25.3 Å². The first-order chi connectivity index (χ1) is 12.8. The third-order valence-electron chi connectivity index (χ3n) is 6.15. The SMILES string of the molecule is CC(C)(C)OC(=O)N1C2COC[C@H]1C[C@H](NCCCO[Si](C)(C)C(C)(C)C)C2. The van der Waals surface area contributed by atoms with E-state index in [2.05, 4.69) is 39.2 Å². The molecule has 0 spiro atoms. The average molecular weight is 415 g/mol. The zero-order chi connectivity index (χ0) is 21.2. The van der Waals surface area contributed by atoms with E-state index < -0.39 is 13.9 Å². The van der Waals surface area contributed by atoms with Gasteiger partial charge in [-0.25, -0.2) is 4.79 Å². The van der Waals surface area contributed by atoms with Crippen LogP contribution in [-0.2, 0) is 13.9 Å². The van der Waals surface area contributed by atoms with E-state index in [4.69, 9.17) is 13.9 Å². The number of nitrogens with one attached hydrogen (secondary N) is 1. The number of amides is 1. The van der Waals surface area contributed by atoms with E-state index in [1.165, 1.54) is 0 Å². The maximum absolute atomic E-state index is 12.6. The van der Waals surface area contributed by atoms with Gasteiger partial charge in [0, 0.05) is 12.6 Å². The first kappa shape index (κ1) is 23.6. The summed E-state index contributed by atoms with van der Waals surface area (Å²) < 4.78 is 17.6. The summed E-state index contributed by atoms with van der Waals surface area (Å²) in [5.41, 5.74) is -0.467. The standard InChI is InChI=1S/C21H42N2O4Si/c1-20(2,3)27-19(24)23-17-12-16(13-18(23)15-25-14-17)22-10-9-11-26-28(7,8)21(4,5)6/h16-18,22H,9-15H2,1-8H3/t16-,17+,18?/m0/s1. The van der Waals surface area contributed by atoms with Crippen molar-refractivity contribution in [3.8, 4) is 0 Å². The summed E-state index contributed by atoms with van der Waals surface area (Å²) in [5.74, 6) is 0. The highest BCUT2D eigenvalue weighted by molar-refractivity contribution is 6.74. The Labute approximate surface area is 172 Å². The number of carbonyl (C=O) groups excluding carboxylic acids is 1. The van der Waals surface area contributed by atoms with Crippen LogP contribution >= 0.6 is 0 Å². The van der Waals surface area contributed by atoms with Crippen LogP contribution < -0.4 is 5.32 Å². The minimum atomic E-state index is -1.66. The Morgan fingerprint density at radius 2 is 1.68 bits per heavy atom. The van der Waals surface area contributed by atoms with E-state index in [1.807, 2.05) is 25.7 Å². The molecule has 0 aromatic heterocycles. The Bertz CT molecular complexity index is 513. The second-order valence-corrected chi connectivity index (χ2v) is 15.6. The zero-order valence-electron chi connectivity index (χ0n) is 19.3. The normalized spacial score (nSPS) is 26.3. The third kappa shape index (κ3) is 6.44. The molecule has 2 saturated heterocycles. The topological polar surface area (TPSA) is 60.0 Å². The largest absolute Gasteiger partial charge is 0.444 e. The minimum Gasteiger partial charge on any atom is -0.444 e. The summed E-state index contributed by atoms with van der Waals surface area (Å²) in [7, 11) is -1.66. The molecule has 0 aliphatic carbocycles. The van der Waals surface area contributed by atoms with Gasteiger partial charge in [-0.3, -0.25) is 4.90 Å². The van der Waals surface area contributed by atoms with Gasteiger partial charge in [0.2, 0.25) is 0 Å². The van der Waals surface area contributed by atoms with Gasteiger partial charge < -0.3 is 19.2 Å². The fourth-order valence-corrected chi connectivity index (χ4v) is 4.70. The predicted octanol–water partition coefficient (Wildman–Crippen LogP) is 4.15. The van der Waals surface area contributed by atoms with E-state index >= 15 is 0 Å². The van der Waals surface area contributed by atoms with Crippen LogP contribution in [0, 0.1) is 0 Å². The summed E-state index contributed by atoms with van der Waals surface area (Å²) in [6.07, 6.45) is 2.65. The fraction of sp³-hybridized carbons (Fsp3) is 0.952. The summed E-state index contributed by atoms with van der Waals surface area (Å²) in [6, 6.07) is 0.622. The number of ether oxygens (including phenoxy) is 2. The Kier molecular flexibility index (Phi) is 7.62. The van der Waals surface area contributed by atoms with Crippen molar-refractivity contribution in [3.05, 3.63) is 0 Å². The zero-order valence-corrected chi connectivity index (χ0v) is 20.3. The van der Waals surface area contributed by atoms with Crippen LogP contribution in [0.25, 0.3) is 0 Å². The van der Waals surface area contributed by atoms with Crippen molar-refractivity contribution in [2.24, 2.45) is 0 Å². The van der Waals surface area contributed by atoms with Crippen LogP contribution in [0.1, 0.15) is 60.8 Å².